The lowest BCUT2D eigenvalue weighted by molar-refractivity contribution is -0.111. The van der Waals surface area contributed by atoms with Gasteiger partial charge in [0.15, 0.2) is 0 Å². The highest BCUT2D eigenvalue weighted by Gasteiger charge is 2.05. The van der Waals surface area contributed by atoms with Crippen molar-refractivity contribution >= 4 is 28.5 Å². The molecule has 0 aliphatic carbocycles. The van der Waals surface area contributed by atoms with E-state index in [9.17, 15) is 4.79 Å². The van der Waals surface area contributed by atoms with Crippen LogP contribution in [0.5, 0.6) is 0 Å². The van der Waals surface area contributed by atoms with Gasteiger partial charge in [-0.3, -0.25) is 14.8 Å². The second-order valence-corrected chi connectivity index (χ2v) is 6.20. The van der Waals surface area contributed by atoms with E-state index < -0.39 is 0 Å². The predicted molar refractivity (Wildman–Crippen MR) is 94.7 cm³/mol. The van der Waals surface area contributed by atoms with Gasteiger partial charge in [-0.15, -0.1) is 10.2 Å². The molecule has 0 spiro atoms. The van der Waals surface area contributed by atoms with Gasteiger partial charge in [-0.05, 0) is 18.1 Å². The van der Waals surface area contributed by atoms with Crippen LogP contribution in [0.15, 0.2) is 48.8 Å². The first kappa shape index (κ1) is 16.1. The Labute approximate surface area is 143 Å². The zero-order valence-corrected chi connectivity index (χ0v) is 14.0. The largest absolute Gasteiger partial charge is 0.297 e. The van der Waals surface area contributed by atoms with Gasteiger partial charge in [-0.25, -0.2) is 0 Å². The molecule has 0 bridgehead atoms. The molecule has 7 heteroatoms. The lowest BCUT2D eigenvalue weighted by atomic mass is 10.2. The minimum atomic E-state index is -0.232. The number of carbonyl (C=O) groups excluding carboxylic acids is 1. The molecule has 2 heterocycles. The van der Waals surface area contributed by atoms with Gasteiger partial charge in [0.1, 0.15) is 5.01 Å². The van der Waals surface area contributed by atoms with Crippen LogP contribution in [0.2, 0.25) is 0 Å². The number of aryl methyl sites for hydroxylation is 1. The summed E-state index contributed by atoms with van der Waals surface area (Å²) in [5.41, 5.74) is 2.05. The molecule has 0 saturated carbocycles. The topological polar surface area (TPSA) is 72.7 Å². The van der Waals surface area contributed by atoms with Gasteiger partial charge >= 0.3 is 0 Å². The van der Waals surface area contributed by atoms with Crippen LogP contribution < -0.4 is 5.32 Å². The highest BCUT2D eigenvalue weighted by molar-refractivity contribution is 7.15. The first-order valence-electron chi connectivity index (χ1n) is 7.61. The Balaban J connectivity index is 1.57. The van der Waals surface area contributed by atoms with Crippen molar-refractivity contribution in [1.82, 2.24) is 20.0 Å². The molecule has 1 aromatic carbocycles. The summed E-state index contributed by atoms with van der Waals surface area (Å²) in [6.45, 7) is 2.70. The third-order valence-corrected chi connectivity index (χ3v) is 4.25. The van der Waals surface area contributed by atoms with Crippen LogP contribution in [0.3, 0.4) is 0 Å². The second-order valence-electron chi connectivity index (χ2n) is 5.13. The molecule has 0 aliphatic heterocycles. The molecule has 0 saturated heterocycles. The SMILES string of the molecule is CCc1nnc(NC(=O)C=Cc2cnn(Cc3ccccc3)c2)s1. The number of rotatable bonds is 6. The quantitative estimate of drug-likeness (QED) is 0.701. The smallest absolute Gasteiger partial charge is 0.250 e. The monoisotopic (exact) mass is 339 g/mol. The van der Waals surface area contributed by atoms with Crippen LogP contribution in [-0.2, 0) is 17.8 Å². The molecule has 0 fully saturated rings. The van der Waals surface area contributed by atoms with Gasteiger partial charge in [-0.2, -0.15) is 5.10 Å². The molecule has 1 amide bonds. The van der Waals surface area contributed by atoms with E-state index in [0.29, 0.717) is 11.7 Å². The number of anilines is 1. The van der Waals surface area contributed by atoms with Gasteiger partial charge in [0.25, 0.3) is 0 Å². The van der Waals surface area contributed by atoms with Crippen molar-refractivity contribution in [1.29, 1.82) is 0 Å². The summed E-state index contributed by atoms with van der Waals surface area (Å²) in [6, 6.07) is 10.1. The van der Waals surface area contributed by atoms with Crippen molar-refractivity contribution in [2.24, 2.45) is 0 Å². The molecule has 6 nitrogen and oxygen atoms in total. The number of hydrogen-bond acceptors (Lipinski definition) is 5. The second kappa shape index (κ2) is 7.65. The van der Waals surface area contributed by atoms with Crippen LogP contribution in [0.4, 0.5) is 5.13 Å². The molecule has 1 N–H and O–H groups in total. The fraction of sp³-hybridized carbons (Fsp3) is 0.176. The first-order chi connectivity index (χ1) is 11.7. The van der Waals surface area contributed by atoms with Crippen LogP contribution in [0.1, 0.15) is 23.1 Å². The first-order valence-corrected chi connectivity index (χ1v) is 8.42. The van der Waals surface area contributed by atoms with Gasteiger partial charge in [-0.1, -0.05) is 48.6 Å². The van der Waals surface area contributed by atoms with E-state index in [1.165, 1.54) is 23.0 Å². The fourth-order valence-electron chi connectivity index (χ4n) is 2.09. The minimum Gasteiger partial charge on any atom is -0.297 e. The van der Waals surface area contributed by atoms with Gasteiger partial charge in [0.05, 0.1) is 12.7 Å². The van der Waals surface area contributed by atoms with Gasteiger partial charge in [0.2, 0.25) is 11.0 Å². The molecule has 0 radical (unpaired) electrons. The number of carbonyl (C=O) groups is 1. The highest BCUT2D eigenvalue weighted by atomic mass is 32.1. The molecule has 3 aromatic rings. The Hall–Kier alpha value is -2.80. The van der Waals surface area contributed by atoms with Crippen LogP contribution in [0, 0.1) is 0 Å². The van der Waals surface area contributed by atoms with E-state index in [1.807, 2.05) is 36.0 Å². The number of nitrogens with one attached hydrogen (secondary N) is 1. The maximum Gasteiger partial charge on any atom is 0.250 e. The number of hydrogen-bond donors (Lipinski definition) is 1. The highest BCUT2D eigenvalue weighted by Crippen LogP contribution is 2.15. The molecule has 2 aromatic heterocycles. The lowest BCUT2D eigenvalue weighted by Gasteiger charge is -2.00. The Morgan fingerprint density at radius 3 is 2.88 bits per heavy atom. The summed E-state index contributed by atoms with van der Waals surface area (Å²) in [5, 5.41) is 16.3. The van der Waals surface area contributed by atoms with Gasteiger partial charge in [0, 0.05) is 17.8 Å². The molecular weight excluding hydrogens is 322 g/mol. The molecule has 3 rings (SSSR count). The fourth-order valence-corrected chi connectivity index (χ4v) is 2.77. The number of benzene rings is 1. The Kier molecular flexibility index (Phi) is 5.12. The van der Waals surface area contributed by atoms with E-state index in [1.54, 1.807) is 12.3 Å². The molecular formula is C17H17N5OS. The van der Waals surface area contributed by atoms with Crippen LogP contribution in [0.25, 0.3) is 6.08 Å². The van der Waals surface area contributed by atoms with Crippen LogP contribution in [-0.4, -0.2) is 25.9 Å². The van der Waals surface area contributed by atoms with Crippen molar-refractivity contribution in [2.45, 2.75) is 19.9 Å². The van der Waals surface area contributed by atoms with Crippen molar-refractivity contribution in [3.8, 4) is 0 Å². The van der Waals surface area contributed by atoms with Crippen molar-refractivity contribution in [3.63, 3.8) is 0 Å². The molecule has 24 heavy (non-hydrogen) atoms. The van der Waals surface area contributed by atoms with Crippen molar-refractivity contribution in [3.05, 3.63) is 64.9 Å². The molecule has 0 unspecified atom stereocenters. The summed E-state index contributed by atoms with van der Waals surface area (Å²) in [5.74, 6) is -0.232. The maximum atomic E-state index is 11.9. The summed E-state index contributed by atoms with van der Waals surface area (Å²) in [7, 11) is 0. The molecule has 0 aliphatic rings. The average molecular weight is 339 g/mol. The summed E-state index contributed by atoms with van der Waals surface area (Å²) < 4.78 is 1.84. The van der Waals surface area contributed by atoms with Crippen molar-refractivity contribution in [2.75, 3.05) is 5.32 Å². The Morgan fingerprint density at radius 2 is 2.12 bits per heavy atom. The number of aromatic nitrogens is 4. The van der Waals surface area contributed by atoms with E-state index in [4.69, 9.17) is 0 Å². The zero-order valence-electron chi connectivity index (χ0n) is 13.2. The Bertz CT molecular complexity index is 838. The van der Waals surface area contributed by atoms with Crippen LogP contribution >= 0.6 is 11.3 Å². The zero-order chi connectivity index (χ0) is 16.8. The van der Waals surface area contributed by atoms with E-state index in [2.05, 4.69) is 32.7 Å². The standard InChI is InChI=1S/C17H17N5OS/c1-2-16-20-21-17(24-16)19-15(23)9-8-14-10-18-22(12-14)11-13-6-4-3-5-7-13/h3-10,12H,2,11H2,1H3,(H,19,21,23). The third kappa shape index (κ3) is 4.36. The lowest BCUT2D eigenvalue weighted by Crippen LogP contribution is -2.07. The average Bonchev–Trinajstić information content (AvgIpc) is 3.23. The van der Waals surface area contributed by atoms with E-state index in [0.717, 1.165) is 17.0 Å². The molecule has 122 valence electrons. The summed E-state index contributed by atoms with van der Waals surface area (Å²) >= 11 is 1.38. The summed E-state index contributed by atoms with van der Waals surface area (Å²) in [4.78, 5) is 11.9. The number of nitrogens with zero attached hydrogens (tertiary/aromatic N) is 4. The van der Waals surface area contributed by atoms with E-state index >= 15 is 0 Å². The Morgan fingerprint density at radius 1 is 1.29 bits per heavy atom. The number of amides is 1. The normalized spacial score (nSPS) is 11.0. The van der Waals surface area contributed by atoms with Gasteiger partial charge < -0.3 is 0 Å². The van der Waals surface area contributed by atoms with Crippen molar-refractivity contribution < 1.29 is 4.79 Å². The molecule has 0 atom stereocenters. The predicted octanol–water partition coefficient (Wildman–Crippen LogP) is 3.00. The van der Waals surface area contributed by atoms with E-state index in [-0.39, 0.29) is 5.91 Å². The maximum absolute atomic E-state index is 11.9. The third-order valence-electron chi connectivity index (χ3n) is 3.27. The summed E-state index contributed by atoms with van der Waals surface area (Å²) in [6.07, 6.45) is 7.64. The minimum absolute atomic E-state index is 0.232.